The first-order chi connectivity index (χ1) is 10.9. The summed E-state index contributed by atoms with van der Waals surface area (Å²) in [4.78, 5) is 2.28. The smallest absolute Gasteiger partial charge is 0.496 e. The van der Waals surface area contributed by atoms with Gasteiger partial charge in [-0.05, 0) is 12.5 Å². The van der Waals surface area contributed by atoms with Gasteiger partial charge in [-0.3, -0.25) is 4.90 Å². The lowest BCUT2D eigenvalue weighted by atomic mass is 9.99. The third-order valence-corrected chi connectivity index (χ3v) is 3.78. The molecule has 1 saturated heterocycles. The first kappa shape index (κ1) is 20.6. The Morgan fingerprint density at radius 1 is 1.33 bits per heavy atom. The quantitative estimate of drug-likeness (QED) is 0.781. The van der Waals surface area contributed by atoms with E-state index in [0.717, 1.165) is 31.7 Å². The molecule has 1 fully saturated rings. The minimum absolute atomic E-state index is 0. The molecule has 24 heavy (non-hydrogen) atoms. The van der Waals surface area contributed by atoms with Crippen LogP contribution in [0.5, 0.6) is 11.5 Å². The van der Waals surface area contributed by atoms with Crippen LogP contribution in [0.3, 0.4) is 0 Å². The van der Waals surface area contributed by atoms with Crippen LogP contribution in [0, 0.1) is 0 Å². The fourth-order valence-corrected chi connectivity index (χ4v) is 2.79. The molecule has 1 N–H and O–H groups in total. The van der Waals surface area contributed by atoms with Crippen LogP contribution < -0.4 is 14.8 Å². The second-order valence-electron chi connectivity index (χ2n) is 5.28. The number of nitrogens with one attached hydrogen (secondary N) is 1. The predicted octanol–water partition coefficient (Wildman–Crippen LogP) is 3.54. The maximum Gasteiger partial charge on any atom is 0.573 e. The van der Waals surface area contributed by atoms with E-state index in [1.165, 1.54) is 19.2 Å². The van der Waals surface area contributed by atoms with Crippen molar-refractivity contribution in [1.29, 1.82) is 0 Å². The molecule has 1 aromatic rings. The molecule has 4 nitrogen and oxygen atoms in total. The Labute approximate surface area is 146 Å². The Morgan fingerprint density at radius 3 is 2.54 bits per heavy atom. The van der Waals surface area contributed by atoms with Crippen molar-refractivity contribution in [3.8, 4) is 11.5 Å². The molecular weight excluding hydrogens is 345 g/mol. The van der Waals surface area contributed by atoms with E-state index in [0.29, 0.717) is 12.2 Å². The van der Waals surface area contributed by atoms with E-state index < -0.39 is 6.36 Å². The number of hydrogen-bond donors (Lipinski definition) is 1. The number of nitrogens with zero attached hydrogens (tertiary/aromatic N) is 1. The van der Waals surface area contributed by atoms with Gasteiger partial charge in [-0.25, -0.2) is 0 Å². The van der Waals surface area contributed by atoms with Gasteiger partial charge in [-0.2, -0.15) is 0 Å². The number of hydrogen-bond acceptors (Lipinski definition) is 4. The molecule has 0 amide bonds. The first-order valence-electron chi connectivity index (χ1n) is 7.44. The van der Waals surface area contributed by atoms with Gasteiger partial charge in [0.25, 0.3) is 0 Å². The molecule has 8 heteroatoms. The van der Waals surface area contributed by atoms with E-state index in [2.05, 4.69) is 21.5 Å². The molecule has 1 heterocycles. The summed E-state index contributed by atoms with van der Waals surface area (Å²) < 4.78 is 46.3. The molecule has 2 rings (SSSR count). The Hall–Kier alpha value is -1.44. The van der Waals surface area contributed by atoms with Gasteiger partial charge in [0.1, 0.15) is 11.5 Å². The monoisotopic (exact) mass is 366 g/mol. The lowest BCUT2D eigenvalue weighted by Crippen LogP contribution is -2.45. The topological polar surface area (TPSA) is 33.7 Å². The molecule has 0 radical (unpaired) electrons. The third-order valence-electron chi connectivity index (χ3n) is 3.78. The summed E-state index contributed by atoms with van der Waals surface area (Å²) in [5.74, 6) is 0.105. The Bertz CT molecular complexity index is 535. The second kappa shape index (κ2) is 9.15. The van der Waals surface area contributed by atoms with Crippen LogP contribution in [0.15, 0.2) is 30.9 Å². The minimum Gasteiger partial charge on any atom is -0.496 e. The molecule has 0 unspecified atom stereocenters. The fourth-order valence-electron chi connectivity index (χ4n) is 2.79. The van der Waals surface area contributed by atoms with Crippen molar-refractivity contribution in [2.24, 2.45) is 0 Å². The first-order valence-corrected chi connectivity index (χ1v) is 7.44. The Morgan fingerprint density at radius 2 is 2.00 bits per heavy atom. The molecule has 0 aromatic heterocycles. The second-order valence-corrected chi connectivity index (χ2v) is 5.28. The molecule has 0 saturated carbocycles. The van der Waals surface area contributed by atoms with Crippen molar-refractivity contribution in [2.75, 3.05) is 33.3 Å². The summed E-state index contributed by atoms with van der Waals surface area (Å²) in [6.07, 6.45) is -2.21. The number of ether oxygens (including phenoxy) is 2. The zero-order chi connectivity index (χ0) is 16.9. The van der Waals surface area contributed by atoms with Crippen molar-refractivity contribution < 1.29 is 22.6 Å². The summed E-state index contributed by atoms with van der Waals surface area (Å²) in [6.45, 7) is 7.27. The number of alkyl halides is 3. The number of rotatable bonds is 6. The van der Waals surface area contributed by atoms with Crippen molar-refractivity contribution >= 4 is 12.4 Å². The average molecular weight is 367 g/mol. The molecule has 0 aliphatic carbocycles. The summed E-state index contributed by atoms with van der Waals surface area (Å²) in [7, 11) is 1.44. The Balaban J connectivity index is 0.00000288. The van der Waals surface area contributed by atoms with Crippen LogP contribution in [0.4, 0.5) is 13.2 Å². The molecule has 1 aliphatic rings. The van der Waals surface area contributed by atoms with Crippen LogP contribution in [0.1, 0.15) is 18.0 Å². The van der Waals surface area contributed by atoms with Gasteiger partial charge in [-0.1, -0.05) is 12.1 Å². The number of halogens is 4. The number of methoxy groups -OCH3 is 1. The summed E-state index contributed by atoms with van der Waals surface area (Å²) in [5, 5.41) is 3.28. The Kier molecular flexibility index (Phi) is 7.86. The lowest BCUT2D eigenvalue weighted by Gasteiger charge is -2.35. The molecule has 0 spiro atoms. The van der Waals surface area contributed by atoms with Gasteiger partial charge >= 0.3 is 6.36 Å². The summed E-state index contributed by atoms with van der Waals surface area (Å²) in [6, 6.07) is 4.25. The maximum absolute atomic E-state index is 12.4. The minimum atomic E-state index is -4.72. The summed E-state index contributed by atoms with van der Waals surface area (Å²) in [5.41, 5.74) is 0.837. The van der Waals surface area contributed by atoms with Crippen LogP contribution in [-0.2, 0) is 0 Å². The normalized spacial score (nSPS) is 16.8. The molecule has 1 aliphatic heterocycles. The zero-order valence-corrected chi connectivity index (χ0v) is 14.3. The summed E-state index contributed by atoms with van der Waals surface area (Å²) >= 11 is 0. The number of piperazine rings is 1. The van der Waals surface area contributed by atoms with Crippen LogP contribution in [-0.4, -0.2) is 44.6 Å². The van der Waals surface area contributed by atoms with Gasteiger partial charge in [0, 0.05) is 43.9 Å². The van der Waals surface area contributed by atoms with Crippen molar-refractivity contribution in [1.82, 2.24) is 10.2 Å². The molecule has 0 bridgehead atoms. The van der Waals surface area contributed by atoms with Crippen molar-refractivity contribution in [2.45, 2.75) is 18.8 Å². The molecule has 1 atom stereocenters. The fraction of sp³-hybridized carbons (Fsp3) is 0.500. The molecular formula is C16H22ClF3N2O2. The highest BCUT2D eigenvalue weighted by Crippen LogP contribution is 2.36. The van der Waals surface area contributed by atoms with Gasteiger partial charge in [0.05, 0.1) is 7.11 Å². The van der Waals surface area contributed by atoms with E-state index in [9.17, 15) is 13.2 Å². The molecule has 136 valence electrons. The number of benzene rings is 1. The maximum atomic E-state index is 12.4. The van der Waals surface area contributed by atoms with Gasteiger partial charge in [0.2, 0.25) is 0 Å². The van der Waals surface area contributed by atoms with E-state index in [4.69, 9.17) is 4.74 Å². The van der Waals surface area contributed by atoms with Gasteiger partial charge < -0.3 is 14.8 Å². The van der Waals surface area contributed by atoms with E-state index in [-0.39, 0.29) is 24.2 Å². The van der Waals surface area contributed by atoms with Crippen LogP contribution in [0.2, 0.25) is 0 Å². The van der Waals surface area contributed by atoms with Crippen LogP contribution >= 0.6 is 12.4 Å². The van der Waals surface area contributed by atoms with E-state index in [1.54, 1.807) is 6.07 Å². The highest BCUT2D eigenvalue weighted by molar-refractivity contribution is 5.85. The van der Waals surface area contributed by atoms with Gasteiger partial charge in [-0.15, -0.1) is 32.2 Å². The molecule has 1 aromatic carbocycles. The largest absolute Gasteiger partial charge is 0.573 e. The average Bonchev–Trinajstić information content (AvgIpc) is 2.52. The van der Waals surface area contributed by atoms with Crippen molar-refractivity contribution in [3.63, 3.8) is 0 Å². The van der Waals surface area contributed by atoms with Gasteiger partial charge in [0.15, 0.2) is 0 Å². The van der Waals surface area contributed by atoms with Crippen LogP contribution in [0.25, 0.3) is 0 Å². The van der Waals surface area contributed by atoms with E-state index in [1.807, 2.05) is 6.08 Å². The van der Waals surface area contributed by atoms with E-state index >= 15 is 0 Å². The lowest BCUT2D eigenvalue weighted by molar-refractivity contribution is -0.274. The highest BCUT2D eigenvalue weighted by atomic mass is 35.5. The standard InChI is InChI=1S/C16H21F3N2O2.ClH/c1-3-4-14(21-9-7-20-8-10-21)13-6-5-12(11-15(13)22-2)23-16(17,18)19;/h3,5-6,11,14,20H,1,4,7-10H2,2H3;1H/t14-;/m0./s1. The highest BCUT2D eigenvalue weighted by Gasteiger charge is 2.32. The predicted molar refractivity (Wildman–Crippen MR) is 88.9 cm³/mol. The SMILES string of the molecule is C=CC[C@@H](c1ccc(OC(F)(F)F)cc1OC)N1CCNCC1.Cl. The third kappa shape index (κ3) is 5.58. The zero-order valence-electron chi connectivity index (χ0n) is 13.4. The van der Waals surface area contributed by atoms with Crippen molar-refractivity contribution in [3.05, 3.63) is 36.4 Å².